The topological polar surface area (TPSA) is 27.0 Å². The molecule has 0 aromatic heterocycles. The van der Waals surface area contributed by atoms with Crippen molar-refractivity contribution < 1.29 is 0 Å². The fraction of sp³-hybridized carbons (Fsp3) is 0.533. The number of nitrogens with zero attached hydrogens (tertiary/aromatic N) is 2. The second-order valence-electron chi connectivity index (χ2n) is 5.28. The molecule has 1 unspecified atom stereocenters. The SMILES string of the molecule is Cc1ccc(N2CCCC2C(C)C)c(C#N)c1. The van der Waals surface area contributed by atoms with Gasteiger partial charge in [-0.15, -0.1) is 0 Å². The van der Waals surface area contributed by atoms with Crippen LogP contribution < -0.4 is 4.90 Å². The van der Waals surface area contributed by atoms with E-state index in [1.165, 1.54) is 12.8 Å². The molecule has 0 spiro atoms. The van der Waals surface area contributed by atoms with Crippen molar-refractivity contribution in [3.63, 3.8) is 0 Å². The summed E-state index contributed by atoms with van der Waals surface area (Å²) >= 11 is 0. The maximum absolute atomic E-state index is 9.25. The van der Waals surface area contributed by atoms with E-state index in [0.717, 1.165) is 23.4 Å². The minimum absolute atomic E-state index is 0.588. The van der Waals surface area contributed by atoms with Crippen LogP contribution in [0.3, 0.4) is 0 Å². The summed E-state index contributed by atoms with van der Waals surface area (Å²) in [7, 11) is 0. The van der Waals surface area contributed by atoms with Crippen LogP contribution in [0, 0.1) is 24.2 Å². The van der Waals surface area contributed by atoms with Crippen LogP contribution in [0.2, 0.25) is 0 Å². The van der Waals surface area contributed by atoms with Gasteiger partial charge in [-0.05, 0) is 43.4 Å². The van der Waals surface area contributed by atoms with Gasteiger partial charge < -0.3 is 4.90 Å². The molecule has 1 aliphatic heterocycles. The fourth-order valence-corrected chi connectivity index (χ4v) is 2.77. The molecule has 0 bridgehead atoms. The lowest BCUT2D eigenvalue weighted by atomic mass is 10.0. The number of benzene rings is 1. The molecule has 1 aromatic rings. The van der Waals surface area contributed by atoms with Crippen LogP contribution >= 0.6 is 0 Å². The Hall–Kier alpha value is -1.49. The van der Waals surface area contributed by atoms with Gasteiger partial charge in [0.05, 0.1) is 11.3 Å². The van der Waals surface area contributed by atoms with Crippen molar-refractivity contribution in [3.8, 4) is 6.07 Å². The van der Waals surface area contributed by atoms with Gasteiger partial charge in [0.1, 0.15) is 6.07 Å². The Morgan fingerprint density at radius 1 is 1.41 bits per heavy atom. The van der Waals surface area contributed by atoms with Gasteiger partial charge in [0.2, 0.25) is 0 Å². The minimum atomic E-state index is 0.588. The molecule has 1 aliphatic rings. The first-order valence-electron chi connectivity index (χ1n) is 6.41. The predicted molar refractivity (Wildman–Crippen MR) is 71.1 cm³/mol. The van der Waals surface area contributed by atoms with E-state index in [0.29, 0.717) is 12.0 Å². The first-order chi connectivity index (χ1) is 8.13. The van der Waals surface area contributed by atoms with Crippen molar-refractivity contribution in [2.75, 3.05) is 11.4 Å². The summed E-state index contributed by atoms with van der Waals surface area (Å²) in [4.78, 5) is 2.42. The smallest absolute Gasteiger partial charge is 0.101 e. The lowest BCUT2D eigenvalue weighted by Gasteiger charge is -2.30. The van der Waals surface area contributed by atoms with Crippen molar-refractivity contribution in [1.29, 1.82) is 5.26 Å². The lowest BCUT2D eigenvalue weighted by molar-refractivity contribution is 0.492. The molecule has 0 saturated carbocycles. The van der Waals surface area contributed by atoms with Crippen molar-refractivity contribution in [2.24, 2.45) is 5.92 Å². The van der Waals surface area contributed by atoms with Gasteiger partial charge in [-0.3, -0.25) is 0 Å². The van der Waals surface area contributed by atoms with E-state index in [-0.39, 0.29) is 0 Å². The largest absolute Gasteiger partial charge is 0.367 e. The fourth-order valence-electron chi connectivity index (χ4n) is 2.77. The quantitative estimate of drug-likeness (QED) is 0.774. The Labute approximate surface area is 104 Å². The number of hydrogen-bond acceptors (Lipinski definition) is 2. The summed E-state index contributed by atoms with van der Waals surface area (Å²) in [5.74, 6) is 0.644. The second-order valence-corrected chi connectivity index (χ2v) is 5.28. The van der Waals surface area contributed by atoms with Crippen molar-refractivity contribution in [2.45, 2.75) is 39.7 Å². The van der Waals surface area contributed by atoms with E-state index >= 15 is 0 Å². The van der Waals surface area contributed by atoms with E-state index in [9.17, 15) is 5.26 Å². The van der Waals surface area contributed by atoms with E-state index in [4.69, 9.17) is 0 Å². The number of nitriles is 1. The van der Waals surface area contributed by atoms with E-state index in [1.807, 2.05) is 13.0 Å². The Balaban J connectivity index is 2.37. The summed E-state index contributed by atoms with van der Waals surface area (Å²) < 4.78 is 0. The maximum Gasteiger partial charge on any atom is 0.101 e. The second kappa shape index (κ2) is 4.79. The molecule has 0 aliphatic carbocycles. The van der Waals surface area contributed by atoms with Gasteiger partial charge >= 0.3 is 0 Å². The predicted octanol–water partition coefficient (Wildman–Crippen LogP) is 3.49. The maximum atomic E-state index is 9.25. The van der Waals surface area contributed by atoms with Gasteiger partial charge in [0.25, 0.3) is 0 Å². The van der Waals surface area contributed by atoms with Gasteiger partial charge in [0.15, 0.2) is 0 Å². The van der Waals surface area contributed by atoms with Gasteiger partial charge in [-0.1, -0.05) is 19.9 Å². The zero-order valence-electron chi connectivity index (χ0n) is 10.9. The summed E-state index contributed by atoms with van der Waals surface area (Å²) in [6.07, 6.45) is 2.48. The van der Waals surface area contributed by atoms with E-state index in [2.05, 4.69) is 36.9 Å². The normalized spacial score (nSPS) is 19.7. The molecule has 1 fully saturated rings. The van der Waals surface area contributed by atoms with E-state index in [1.54, 1.807) is 0 Å². The van der Waals surface area contributed by atoms with Crippen molar-refractivity contribution in [3.05, 3.63) is 29.3 Å². The average Bonchev–Trinajstić information content (AvgIpc) is 2.77. The first kappa shape index (κ1) is 12.0. The lowest BCUT2D eigenvalue weighted by Crippen LogP contribution is -2.33. The number of hydrogen-bond donors (Lipinski definition) is 0. The Bertz CT molecular complexity index is 443. The molecule has 17 heavy (non-hydrogen) atoms. The van der Waals surface area contributed by atoms with Crippen LogP contribution in [0.15, 0.2) is 18.2 Å². The molecule has 1 aromatic carbocycles. The third-order valence-electron chi connectivity index (χ3n) is 3.65. The van der Waals surface area contributed by atoms with Crippen LogP contribution in [-0.2, 0) is 0 Å². The molecular weight excluding hydrogens is 208 g/mol. The molecule has 0 radical (unpaired) electrons. The molecule has 2 rings (SSSR count). The van der Waals surface area contributed by atoms with Crippen LogP contribution in [0.1, 0.15) is 37.8 Å². The molecule has 2 heteroatoms. The zero-order valence-corrected chi connectivity index (χ0v) is 10.9. The molecule has 0 N–H and O–H groups in total. The molecule has 1 saturated heterocycles. The van der Waals surface area contributed by atoms with Crippen LogP contribution in [0.5, 0.6) is 0 Å². The molecule has 2 nitrogen and oxygen atoms in total. The van der Waals surface area contributed by atoms with Crippen LogP contribution in [0.25, 0.3) is 0 Å². The molecule has 90 valence electrons. The highest BCUT2D eigenvalue weighted by atomic mass is 15.2. The monoisotopic (exact) mass is 228 g/mol. The van der Waals surface area contributed by atoms with Crippen LogP contribution in [0.4, 0.5) is 5.69 Å². The summed E-state index contributed by atoms with van der Waals surface area (Å²) in [5, 5.41) is 9.25. The Morgan fingerprint density at radius 2 is 2.18 bits per heavy atom. The first-order valence-corrected chi connectivity index (χ1v) is 6.41. The molecule has 1 heterocycles. The van der Waals surface area contributed by atoms with Crippen LogP contribution in [-0.4, -0.2) is 12.6 Å². The van der Waals surface area contributed by atoms with Crippen molar-refractivity contribution >= 4 is 5.69 Å². The minimum Gasteiger partial charge on any atom is -0.367 e. The van der Waals surface area contributed by atoms with Gasteiger partial charge in [-0.2, -0.15) is 5.26 Å². The van der Waals surface area contributed by atoms with Gasteiger partial charge in [-0.25, -0.2) is 0 Å². The standard InChI is InChI=1S/C15H20N2/c1-11(2)14-5-4-8-17(14)15-7-6-12(3)9-13(15)10-16/h6-7,9,11,14H,4-5,8H2,1-3H3. The molecular formula is C15H20N2. The number of aryl methyl sites for hydroxylation is 1. The highest BCUT2D eigenvalue weighted by Gasteiger charge is 2.28. The molecule has 0 amide bonds. The van der Waals surface area contributed by atoms with Crippen molar-refractivity contribution in [1.82, 2.24) is 0 Å². The highest BCUT2D eigenvalue weighted by Crippen LogP contribution is 2.32. The summed E-state index contributed by atoms with van der Waals surface area (Å²) in [6.45, 7) is 7.65. The zero-order chi connectivity index (χ0) is 12.4. The van der Waals surface area contributed by atoms with E-state index < -0.39 is 0 Å². The number of anilines is 1. The summed E-state index contributed by atoms with van der Waals surface area (Å²) in [5.41, 5.74) is 3.09. The highest BCUT2D eigenvalue weighted by molar-refractivity contribution is 5.61. The summed E-state index contributed by atoms with van der Waals surface area (Å²) in [6, 6.07) is 9.12. The molecule has 1 atom stereocenters. The average molecular weight is 228 g/mol. The third kappa shape index (κ3) is 2.29. The third-order valence-corrected chi connectivity index (χ3v) is 3.65. The Morgan fingerprint density at radius 3 is 2.82 bits per heavy atom. The number of rotatable bonds is 2. The van der Waals surface area contributed by atoms with Gasteiger partial charge in [0, 0.05) is 12.6 Å². The Kier molecular flexibility index (Phi) is 3.38.